The Hall–Kier alpha value is -1.19. The number of benzene rings is 2. The van der Waals surface area contributed by atoms with Gasteiger partial charge in [-0.25, -0.2) is 4.98 Å². The number of nitrogens with zero attached hydrogens (tertiary/aromatic N) is 3. The number of para-hydroxylation sites is 2. The van der Waals surface area contributed by atoms with Crippen molar-refractivity contribution in [3.63, 3.8) is 0 Å². The van der Waals surface area contributed by atoms with E-state index < -0.39 is 0 Å². The Balaban J connectivity index is 0.00000341. The molecule has 0 spiro atoms. The van der Waals surface area contributed by atoms with Crippen LogP contribution in [0.3, 0.4) is 0 Å². The lowest BCUT2D eigenvalue weighted by molar-refractivity contribution is 0.405. The predicted molar refractivity (Wildman–Crippen MR) is 161 cm³/mol. The second kappa shape index (κ2) is 16.4. The zero-order chi connectivity index (χ0) is 21.3. The summed E-state index contributed by atoms with van der Waals surface area (Å²) in [5.41, 5.74) is 5.45. The fourth-order valence-electron chi connectivity index (χ4n) is 3.56. The van der Waals surface area contributed by atoms with Gasteiger partial charge in [0.2, 0.25) is 0 Å². The molecule has 0 aliphatic carbocycles. The van der Waals surface area contributed by atoms with E-state index in [1.807, 2.05) is 0 Å². The van der Waals surface area contributed by atoms with Crippen molar-refractivity contribution in [1.29, 1.82) is 0 Å². The molecule has 0 radical (unpaired) electrons. The lowest BCUT2D eigenvalue weighted by Gasteiger charge is -2.16. The molecule has 0 unspecified atom stereocenters. The highest BCUT2D eigenvalue weighted by atomic mass is 79.9. The van der Waals surface area contributed by atoms with Crippen LogP contribution in [0.2, 0.25) is 0 Å². The summed E-state index contributed by atoms with van der Waals surface area (Å²) in [5.74, 6) is 0. The van der Waals surface area contributed by atoms with E-state index in [0.29, 0.717) is 0 Å². The standard InChI is InChI=1S/C25H35N5.3BrH/c1-29(2)17-9-15-26-22-13-7-5-11-20(22)25-19-24(27-16-10-18-30(3)4)21-12-6-8-14-23(21)28-25;;;/h5-8,11-14,19,26H,9-10,15-18H2,1-4H3,(H,27,28);3*1H. The van der Waals surface area contributed by atoms with Gasteiger partial charge in [0.1, 0.15) is 0 Å². The van der Waals surface area contributed by atoms with Crippen LogP contribution in [0.1, 0.15) is 12.8 Å². The summed E-state index contributed by atoms with van der Waals surface area (Å²) in [6, 6.07) is 19.0. The van der Waals surface area contributed by atoms with Gasteiger partial charge in [0, 0.05) is 35.4 Å². The topological polar surface area (TPSA) is 43.4 Å². The first-order valence-electron chi connectivity index (χ1n) is 10.8. The number of aromatic nitrogens is 1. The van der Waals surface area contributed by atoms with E-state index in [0.717, 1.165) is 67.2 Å². The molecule has 33 heavy (non-hydrogen) atoms. The number of hydrogen-bond donors (Lipinski definition) is 2. The Morgan fingerprint density at radius 2 is 1.24 bits per heavy atom. The molecule has 3 aromatic rings. The zero-order valence-corrected chi connectivity index (χ0v) is 25.1. The Morgan fingerprint density at radius 1 is 0.697 bits per heavy atom. The van der Waals surface area contributed by atoms with Gasteiger partial charge < -0.3 is 20.4 Å². The first-order chi connectivity index (χ1) is 14.5. The summed E-state index contributed by atoms with van der Waals surface area (Å²) in [4.78, 5) is 9.42. The van der Waals surface area contributed by atoms with Gasteiger partial charge in [-0.2, -0.15) is 0 Å². The Morgan fingerprint density at radius 3 is 1.88 bits per heavy atom. The van der Waals surface area contributed by atoms with E-state index in [1.54, 1.807) is 0 Å². The van der Waals surface area contributed by atoms with Gasteiger partial charge in [0.25, 0.3) is 0 Å². The Bertz CT molecular complexity index is 950. The van der Waals surface area contributed by atoms with Crippen LogP contribution in [0.25, 0.3) is 22.2 Å². The Kier molecular flexibility index (Phi) is 15.8. The average molecular weight is 648 g/mol. The second-order valence-corrected chi connectivity index (χ2v) is 8.29. The molecular formula is C25H38Br3N5. The van der Waals surface area contributed by atoms with Gasteiger partial charge in [-0.15, -0.1) is 50.9 Å². The van der Waals surface area contributed by atoms with Gasteiger partial charge in [-0.1, -0.05) is 36.4 Å². The van der Waals surface area contributed by atoms with Crippen molar-refractivity contribution in [3.05, 3.63) is 54.6 Å². The van der Waals surface area contributed by atoms with Crippen molar-refractivity contribution in [2.24, 2.45) is 0 Å². The highest BCUT2D eigenvalue weighted by Crippen LogP contribution is 2.32. The molecule has 0 saturated heterocycles. The largest absolute Gasteiger partial charge is 0.384 e. The van der Waals surface area contributed by atoms with Gasteiger partial charge in [0.15, 0.2) is 0 Å². The van der Waals surface area contributed by atoms with E-state index in [1.165, 1.54) is 5.39 Å². The molecule has 0 atom stereocenters. The fourth-order valence-corrected chi connectivity index (χ4v) is 3.56. The predicted octanol–water partition coefficient (Wildman–Crippen LogP) is 6.36. The number of fused-ring (bicyclic) bond motifs is 1. The molecule has 0 amide bonds. The first kappa shape index (κ1) is 31.8. The van der Waals surface area contributed by atoms with Crippen LogP contribution >= 0.6 is 50.9 Å². The lowest BCUT2D eigenvalue weighted by Crippen LogP contribution is -2.16. The van der Waals surface area contributed by atoms with Crippen LogP contribution in [0.5, 0.6) is 0 Å². The minimum Gasteiger partial charge on any atom is -0.384 e. The molecule has 3 rings (SSSR count). The van der Waals surface area contributed by atoms with Crippen molar-refractivity contribution in [1.82, 2.24) is 14.8 Å². The van der Waals surface area contributed by atoms with Crippen molar-refractivity contribution in [2.75, 3.05) is 65.0 Å². The third kappa shape index (κ3) is 9.91. The van der Waals surface area contributed by atoms with Gasteiger partial charge >= 0.3 is 0 Å². The number of anilines is 2. The zero-order valence-electron chi connectivity index (χ0n) is 20.0. The van der Waals surface area contributed by atoms with Crippen molar-refractivity contribution >= 4 is 73.2 Å². The van der Waals surface area contributed by atoms with E-state index in [-0.39, 0.29) is 50.9 Å². The molecule has 0 aliphatic heterocycles. The van der Waals surface area contributed by atoms with Crippen LogP contribution in [0.4, 0.5) is 11.4 Å². The summed E-state index contributed by atoms with van der Waals surface area (Å²) in [5, 5.41) is 8.42. The molecule has 0 bridgehead atoms. The van der Waals surface area contributed by atoms with Crippen molar-refractivity contribution < 1.29 is 0 Å². The molecule has 5 nitrogen and oxygen atoms in total. The van der Waals surface area contributed by atoms with Crippen LogP contribution in [-0.2, 0) is 0 Å². The quantitative estimate of drug-likeness (QED) is 0.237. The molecule has 0 fully saturated rings. The maximum absolute atomic E-state index is 4.98. The van der Waals surface area contributed by atoms with E-state index in [4.69, 9.17) is 4.98 Å². The Labute approximate surface area is 230 Å². The van der Waals surface area contributed by atoms with Crippen LogP contribution in [0, 0.1) is 0 Å². The molecule has 0 aliphatic rings. The van der Waals surface area contributed by atoms with Gasteiger partial charge in [0.05, 0.1) is 11.2 Å². The summed E-state index contributed by atoms with van der Waals surface area (Å²) in [6.45, 7) is 4.03. The number of hydrogen-bond acceptors (Lipinski definition) is 5. The average Bonchev–Trinajstić information content (AvgIpc) is 2.74. The lowest BCUT2D eigenvalue weighted by atomic mass is 10.1. The third-order valence-electron chi connectivity index (χ3n) is 5.11. The SMILES string of the molecule is Br.Br.Br.CN(C)CCCNc1ccccc1-c1cc(NCCCN(C)C)c2ccccc2n1. The maximum atomic E-state index is 4.98. The van der Waals surface area contributed by atoms with E-state index in [2.05, 4.69) is 103 Å². The number of halogens is 3. The van der Waals surface area contributed by atoms with Gasteiger partial charge in [-0.05, 0) is 72.3 Å². The minimum absolute atomic E-state index is 0. The van der Waals surface area contributed by atoms with Crippen molar-refractivity contribution in [2.45, 2.75) is 12.8 Å². The highest BCUT2D eigenvalue weighted by Gasteiger charge is 2.10. The second-order valence-electron chi connectivity index (χ2n) is 8.29. The third-order valence-corrected chi connectivity index (χ3v) is 5.11. The first-order valence-corrected chi connectivity index (χ1v) is 10.8. The molecule has 1 aromatic heterocycles. The molecule has 2 aromatic carbocycles. The molecule has 2 N–H and O–H groups in total. The number of nitrogens with one attached hydrogen (secondary N) is 2. The highest BCUT2D eigenvalue weighted by molar-refractivity contribution is 8.93. The fraction of sp³-hybridized carbons (Fsp3) is 0.400. The van der Waals surface area contributed by atoms with E-state index in [9.17, 15) is 0 Å². The maximum Gasteiger partial charge on any atom is 0.0751 e. The van der Waals surface area contributed by atoms with Crippen LogP contribution in [-0.4, -0.2) is 69.2 Å². The van der Waals surface area contributed by atoms with Crippen LogP contribution < -0.4 is 10.6 Å². The van der Waals surface area contributed by atoms with E-state index >= 15 is 0 Å². The number of rotatable bonds is 11. The van der Waals surface area contributed by atoms with Crippen LogP contribution in [0.15, 0.2) is 54.6 Å². The van der Waals surface area contributed by atoms with Crippen molar-refractivity contribution in [3.8, 4) is 11.3 Å². The monoisotopic (exact) mass is 645 g/mol. The molecule has 184 valence electrons. The molecule has 0 saturated carbocycles. The smallest absolute Gasteiger partial charge is 0.0751 e. The summed E-state index contributed by atoms with van der Waals surface area (Å²) in [7, 11) is 8.45. The number of pyridine rings is 1. The summed E-state index contributed by atoms with van der Waals surface area (Å²) >= 11 is 0. The minimum atomic E-state index is 0. The molecule has 1 heterocycles. The summed E-state index contributed by atoms with van der Waals surface area (Å²) in [6.07, 6.45) is 2.20. The molecular weight excluding hydrogens is 610 g/mol. The normalized spacial score (nSPS) is 10.4. The summed E-state index contributed by atoms with van der Waals surface area (Å²) < 4.78 is 0. The molecule has 8 heteroatoms. The van der Waals surface area contributed by atoms with Gasteiger partial charge in [-0.3, -0.25) is 0 Å².